The average molecular weight is 656 g/mol. The Hall–Kier alpha value is -2.72. The third kappa shape index (κ3) is 6.46. The molecular weight excluding hydrogens is 612 g/mol. The fourth-order valence-corrected chi connectivity index (χ4v) is 12.5. The van der Waals surface area contributed by atoms with Gasteiger partial charge in [-0.3, -0.25) is 0 Å². The molecule has 4 N–H and O–H groups in total. The number of oxazole rings is 1. The monoisotopic (exact) mass is 655 g/mol. The quantitative estimate of drug-likeness (QED) is 0.138. The molecule has 45 heavy (non-hydrogen) atoms. The number of methoxy groups -OCH3 is 1. The van der Waals surface area contributed by atoms with Crippen LogP contribution in [-0.2, 0) is 15.5 Å². The molecule has 0 amide bonds. The number of likely N-dealkylation sites (N-methyl/N-ethyl adjacent to an activating group) is 1. The lowest BCUT2D eigenvalue weighted by Gasteiger charge is -2.26. The van der Waals surface area contributed by atoms with Crippen molar-refractivity contribution in [2.75, 3.05) is 38.8 Å². The van der Waals surface area contributed by atoms with Crippen molar-refractivity contribution in [2.45, 2.75) is 57.5 Å². The van der Waals surface area contributed by atoms with Crippen LogP contribution in [0.1, 0.15) is 49.2 Å². The van der Waals surface area contributed by atoms with Crippen LogP contribution >= 0.6 is 15.7 Å². The molecule has 0 radical (unpaired) electrons. The van der Waals surface area contributed by atoms with E-state index in [0.717, 1.165) is 53.9 Å². The van der Waals surface area contributed by atoms with Crippen LogP contribution in [0.5, 0.6) is 5.75 Å². The maximum atomic E-state index is 11.9. The van der Waals surface area contributed by atoms with Crippen LogP contribution in [-0.4, -0.2) is 65.8 Å². The molecule has 11 nitrogen and oxygen atoms in total. The van der Waals surface area contributed by atoms with Crippen molar-refractivity contribution in [3.63, 3.8) is 0 Å². The van der Waals surface area contributed by atoms with Gasteiger partial charge in [0.05, 0.1) is 30.4 Å². The highest BCUT2D eigenvalue weighted by Crippen LogP contribution is 2.85. The van der Waals surface area contributed by atoms with Gasteiger partial charge in [0.15, 0.2) is 5.69 Å². The topological polar surface area (TPSA) is 134 Å². The molecule has 4 aromatic rings. The Morgan fingerprint density at radius 3 is 2.24 bits per heavy atom. The van der Waals surface area contributed by atoms with Gasteiger partial charge in [-0.25, -0.2) is 9.97 Å². The molecule has 240 valence electrons. The zero-order valence-corrected chi connectivity index (χ0v) is 28.2. The second kappa shape index (κ2) is 13.2. The summed E-state index contributed by atoms with van der Waals surface area (Å²) in [4.78, 5) is 35.8. The molecule has 2 unspecified atom stereocenters. The van der Waals surface area contributed by atoms with E-state index in [1.54, 1.807) is 7.11 Å². The van der Waals surface area contributed by atoms with E-state index in [-0.39, 0.29) is 12.1 Å². The molecule has 2 aliphatic heterocycles. The number of nitrogens with one attached hydrogen (secondary N) is 2. The lowest BCUT2D eigenvalue weighted by molar-refractivity contribution is 0.294. The van der Waals surface area contributed by atoms with Gasteiger partial charge in [0.1, 0.15) is 24.7 Å². The van der Waals surface area contributed by atoms with E-state index < -0.39 is 21.1 Å². The van der Waals surface area contributed by atoms with Crippen LogP contribution in [0.25, 0.3) is 22.4 Å². The molecule has 2 aromatic carbocycles. The number of anilines is 1. The largest absolute Gasteiger partial charge is 0.494 e. The minimum atomic E-state index is -3.38. The maximum Gasteiger partial charge on any atom is 0.399 e. The lowest BCUT2D eigenvalue weighted by atomic mass is 10.1. The van der Waals surface area contributed by atoms with Crippen LogP contribution in [0.3, 0.4) is 0 Å². The summed E-state index contributed by atoms with van der Waals surface area (Å²) in [5.74, 6) is 1.91. The van der Waals surface area contributed by atoms with Crippen LogP contribution < -0.4 is 19.8 Å². The lowest BCUT2D eigenvalue weighted by Crippen LogP contribution is -2.30. The molecule has 6 rings (SSSR count). The van der Waals surface area contributed by atoms with E-state index >= 15 is 0 Å². The second-order valence-corrected chi connectivity index (χ2v) is 16.7. The van der Waals surface area contributed by atoms with Gasteiger partial charge in [0.2, 0.25) is 5.89 Å². The number of rotatable bonds is 11. The van der Waals surface area contributed by atoms with Crippen molar-refractivity contribution < 1.29 is 28.0 Å². The van der Waals surface area contributed by atoms with Crippen molar-refractivity contribution in [3.8, 4) is 17.2 Å². The molecule has 0 aliphatic carbocycles. The summed E-state index contributed by atoms with van der Waals surface area (Å²) in [7, 11) is -3.15. The Morgan fingerprint density at radius 1 is 0.978 bits per heavy atom. The Kier molecular flexibility index (Phi) is 9.44. The number of aromatic nitrogens is 2. The number of pyridine rings is 1. The molecule has 13 heteroatoms. The first kappa shape index (κ1) is 32.2. The maximum absolute atomic E-state index is 11.9. The van der Waals surface area contributed by atoms with Crippen molar-refractivity contribution >= 4 is 32.3 Å². The Balaban J connectivity index is 1.28. The van der Waals surface area contributed by atoms with E-state index in [0.29, 0.717) is 36.1 Å². The number of hydrogen-bond donors (Lipinski definition) is 4. The predicted molar refractivity (Wildman–Crippen MR) is 179 cm³/mol. The summed E-state index contributed by atoms with van der Waals surface area (Å²) in [6.45, 7) is 7.45. The van der Waals surface area contributed by atoms with Crippen molar-refractivity contribution in [2.24, 2.45) is 0 Å². The number of nitrogens with zero attached hydrogens (tertiary/aromatic N) is 3. The third-order valence-corrected chi connectivity index (χ3v) is 14.9. The van der Waals surface area contributed by atoms with Crippen molar-refractivity contribution in [1.82, 2.24) is 20.1 Å². The van der Waals surface area contributed by atoms with Gasteiger partial charge >= 0.3 is 21.1 Å². The normalized spacial score (nSPS) is 25.6. The highest BCUT2D eigenvalue weighted by molar-refractivity contribution is 7.81. The summed E-state index contributed by atoms with van der Waals surface area (Å²) in [6, 6.07) is 17.8. The van der Waals surface area contributed by atoms with E-state index in [4.69, 9.17) is 28.2 Å². The summed E-state index contributed by atoms with van der Waals surface area (Å²) in [5.41, 5.74) is 4.03. The van der Waals surface area contributed by atoms with Crippen molar-refractivity contribution in [3.05, 3.63) is 71.7 Å². The van der Waals surface area contributed by atoms with Crippen LogP contribution in [0.2, 0.25) is 0 Å². The average Bonchev–Trinajstić information content (AvgIpc) is 3.75. The Morgan fingerprint density at radius 2 is 1.64 bits per heavy atom. The fourth-order valence-electron chi connectivity index (χ4n) is 5.84. The minimum absolute atomic E-state index is 0.0301. The third-order valence-electron chi connectivity index (χ3n) is 8.62. The molecular formula is C32H43N5O6P2+2. The van der Waals surface area contributed by atoms with Gasteiger partial charge in [-0.1, -0.05) is 32.0 Å². The SMILES string of the molecule is CC[C@H]1CO[P+](O)(C(c2nc3ccc(N(C)CCc4nc(-c5ccccc5)oc4C)cc3cc2OC)[P+]2(O)N[C@@H](CC)CO2)N1. The number of aryl methyl sites for hydroxylation is 1. The number of fused-ring (bicyclic) bond motifs is 1. The summed E-state index contributed by atoms with van der Waals surface area (Å²) in [5, 5.41) is 6.52. The second-order valence-electron chi connectivity index (χ2n) is 11.7. The van der Waals surface area contributed by atoms with Crippen LogP contribution in [0.15, 0.2) is 59.0 Å². The van der Waals surface area contributed by atoms with Crippen LogP contribution in [0, 0.1) is 6.92 Å². The van der Waals surface area contributed by atoms with E-state index in [1.807, 2.05) is 76.3 Å². The predicted octanol–water partition coefficient (Wildman–Crippen LogP) is 6.19. The smallest absolute Gasteiger partial charge is 0.399 e. The van der Waals surface area contributed by atoms with E-state index in [2.05, 4.69) is 21.1 Å². The summed E-state index contributed by atoms with van der Waals surface area (Å²) in [6.07, 6.45) is 2.28. The number of hydrogen-bond acceptors (Lipinski definition) is 11. The summed E-state index contributed by atoms with van der Waals surface area (Å²) < 4.78 is 23.9. The first-order valence-electron chi connectivity index (χ1n) is 15.5. The van der Waals surface area contributed by atoms with Gasteiger partial charge in [0.25, 0.3) is 0 Å². The van der Waals surface area contributed by atoms with Gasteiger partial charge in [-0.2, -0.15) is 18.8 Å². The van der Waals surface area contributed by atoms with E-state index in [1.165, 1.54) is 0 Å². The van der Waals surface area contributed by atoms with Gasteiger partial charge < -0.3 is 14.1 Å². The Bertz CT molecular complexity index is 1620. The zero-order valence-electron chi connectivity index (χ0n) is 26.4. The molecule has 0 spiro atoms. The molecule has 0 saturated carbocycles. The molecule has 2 aromatic heterocycles. The molecule has 2 fully saturated rings. The molecule has 0 bridgehead atoms. The molecule has 2 aliphatic rings. The highest BCUT2D eigenvalue weighted by atomic mass is 31.3. The highest BCUT2D eigenvalue weighted by Gasteiger charge is 2.74. The van der Waals surface area contributed by atoms with Crippen LogP contribution in [0.4, 0.5) is 5.69 Å². The first-order chi connectivity index (χ1) is 21.7. The first-order valence-corrected chi connectivity index (χ1v) is 18.9. The van der Waals surface area contributed by atoms with Gasteiger partial charge in [-0.15, -0.1) is 10.2 Å². The number of benzene rings is 2. The van der Waals surface area contributed by atoms with Gasteiger partial charge in [0, 0.05) is 36.7 Å². The van der Waals surface area contributed by atoms with Gasteiger partial charge in [-0.05, 0) is 56.2 Å². The zero-order chi connectivity index (χ0) is 31.8. The fraction of sp³-hybridized carbons (Fsp3) is 0.438. The molecule has 4 heterocycles. The minimum Gasteiger partial charge on any atom is -0.494 e. The van der Waals surface area contributed by atoms with E-state index in [9.17, 15) is 9.79 Å². The molecule has 2 saturated heterocycles. The number of ether oxygens (including phenoxy) is 1. The Labute approximate surface area is 265 Å². The standard InChI is InChI=1S/C32H43N5O6P2/c1-6-24-19-41-44(38,35-24)32(45(39)36-25(7-2)20-42-45)30-29(40-5)18-23-17-26(13-14-28(23)33-30)37(4)16-15-27-21(3)43-31(34-27)22-11-9-8-10-12-22/h8-14,17-18,24-25,32,35-36,38-39H,6-7,15-16,19-20H2,1-5H3/q+2/t24-,25-,32?,44?,45?/m0/s1. The van der Waals surface area contributed by atoms with Crippen molar-refractivity contribution in [1.29, 1.82) is 0 Å². The molecule has 4 atom stereocenters. The summed E-state index contributed by atoms with van der Waals surface area (Å²) >= 11 is 0.